The molecule has 2 aromatic rings. The smallest absolute Gasteiger partial charge is 0.274 e. The average Bonchev–Trinajstić information content (AvgIpc) is 2.70. The molecule has 1 aliphatic rings. The van der Waals surface area contributed by atoms with Crippen LogP contribution in [0.2, 0.25) is 0 Å². The minimum absolute atomic E-state index is 0.00722. The predicted octanol–water partition coefficient (Wildman–Crippen LogP) is 2.87. The van der Waals surface area contributed by atoms with E-state index in [0.717, 1.165) is 31.9 Å². The summed E-state index contributed by atoms with van der Waals surface area (Å²) in [5, 5.41) is 13.8. The number of nitro benzene ring substituents is 1. The molecule has 0 aromatic heterocycles. The summed E-state index contributed by atoms with van der Waals surface area (Å²) in [6, 6.07) is 12.2. The van der Waals surface area contributed by atoms with Crippen molar-refractivity contribution in [1.29, 1.82) is 0 Å². The van der Waals surface area contributed by atoms with E-state index < -0.39 is 4.92 Å². The zero-order valence-electron chi connectivity index (χ0n) is 16.6. The van der Waals surface area contributed by atoms with Gasteiger partial charge in [0.15, 0.2) is 5.78 Å². The highest BCUT2D eigenvalue weighted by molar-refractivity contribution is 5.94. The molecular formula is C21H24N4O4. The number of anilines is 2. The van der Waals surface area contributed by atoms with Gasteiger partial charge < -0.3 is 10.2 Å². The van der Waals surface area contributed by atoms with Crippen LogP contribution in [0, 0.1) is 17.0 Å². The predicted molar refractivity (Wildman–Crippen MR) is 112 cm³/mol. The van der Waals surface area contributed by atoms with Gasteiger partial charge in [-0.15, -0.1) is 0 Å². The number of amides is 1. The summed E-state index contributed by atoms with van der Waals surface area (Å²) in [6.07, 6.45) is 0. The molecule has 29 heavy (non-hydrogen) atoms. The number of Topliss-reactive ketones (excluding diaryl/α,β-unsaturated/α-hetero) is 1. The van der Waals surface area contributed by atoms with Crippen molar-refractivity contribution in [2.75, 3.05) is 42.9 Å². The van der Waals surface area contributed by atoms with Crippen LogP contribution < -0.4 is 10.2 Å². The maximum absolute atomic E-state index is 12.4. The topological polar surface area (TPSA) is 95.8 Å². The number of piperazine rings is 1. The van der Waals surface area contributed by atoms with Crippen molar-refractivity contribution in [3.63, 3.8) is 0 Å². The van der Waals surface area contributed by atoms with Crippen LogP contribution >= 0.6 is 0 Å². The number of hydrogen-bond donors (Lipinski definition) is 1. The SMILES string of the molecule is CC(=O)c1ccc(N2CCN(CC(=O)Nc3cccc([N+](=O)[O-])c3C)CC2)cc1. The lowest BCUT2D eigenvalue weighted by Gasteiger charge is -2.35. The molecule has 0 aliphatic carbocycles. The summed E-state index contributed by atoms with van der Waals surface area (Å²) in [5.41, 5.74) is 2.66. The van der Waals surface area contributed by atoms with Crippen molar-refractivity contribution >= 4 is 28.8 Å². The van der Waals surface area contributed by atoms with Crippen molar-refractivity contribution in [3.8, 4) is 0 Å². The second-order valence-corrected chi connectivity index (χ2v) is 7.12. The summed E-state index contributed by atoms with van der Waals surface area (Å²) in [7, 11) is 0. The highest BCUT2D eigenvalue weighted by Crippen LogP contribution is 2.25. The highest BCUT2D eigenvalue weighted by atomic mass is 16.6. The minimum Gasteiger partial charge on any atom is -0.369 e. The van der Waals surface area contributed by atoms with E-state index in [9.17, 15) is 19.7 Å². The van der Waals surface area contributed by atoms with Crippen LogP contribution in [0.4, 0.5) is 17.1 Å². The molecule has 1 heterocycles. The normalized spacial score (nSPS) is 14.5. The number of rotatable bonds is 6. The van der Waals surface area contributed by atoms with Gasteiger partial charge in [0, 0.05) is 43.5 Å². The summed E-state index contributed by atoms with van der Waals surface area (Å²) in [4.78, 5) is 38.7. The van der Waals surface area contributed by atoms with Gasteiger partial charge in [-0.2, -0.15) is 0 Å². The van der Waals surface area contributed by atoms with Crippen molar-refractivity contribution in [2.45, 2.75) is 13.8 Å². The van der Waals surface area contributed by atoms with Gasteiger partial charge in [-0.25, -0.2) is 0 Å². The first-order chi connectivity index (χ1) is 13.8. The van der Waals surface area contributed by atoms with Crippen molar-refractivity contribution < 1.29 is 14.5 Å². The summed E-state index contributed by atoms with van der Waals surface area (Å²) < 4.78 is 0. The minimum atomic E-state index is -0.451. The lowest BCUT2D eigenvalue weighted by molar-refractivity contribution is -0.385. The third-order valence-corrected chi connectivity index (χ3v) is 5.15. The van der Waals surface area contributed by atoms with E-state index >= 15 is 0 Å². The maximum atomic E-state index is 12.4. The van der Waals surface area contributed by atoms with E-state index in [1.54, 1.807) is 26.0 Å². The standard InChI is InChI=1S/C21H24N4O4/c1-15-19(4-3-5-20(15)25(28)29)22-21(27)14-23-10-12-24(13-11-23)18-8-6-17(7-9-18)16(2)26/h3-9H,10-14H2,1-2H3,(H,22,27). The molecule has 1 N–H and O–H groups in total. The molecule has 0 bridgehead atoms. The first-order valence-electron chi connectivity index (χ1n) is 9.47. The van der Waals surface area contributed by atoms with Crippen molar-refractivity contribution in [2.24, 2.45) is 0 Å². The fourth-order valence-electron chi connectivity index (χ4n) is 3.42. The van der Waals surface area contributed by atoms with Gasteiger partial charge in [-0.05, 0) is 44.2 Å². The third kappa shape index (κ3) is 4.97. The molecule has 152 valence electrons. The Morgan fingerprint density at radius 2 is 1.72 bits per heavy atom. The Labute approximate surface area is 169 Å². The number of carbonyl (C=O) groups excluding carboxylic acids is 2. The molecular weight excluding hydrogens is 372 g/mol. The zero-order chi connectivity index (χ0) is 21.0. The summed E-state index contributed by atoms with van der Waals surface area (Å²) in [6.45, 7) is 6.44. The van der Waals surface area contributed by atoms with E-state index in [-0.39, 0.29) is 23.9 Å². The van der Waals surface area contributed by atoms with Gasteiger partial charge in [-0.1, -0.05) is 6.07 Å². The van der Waals surface area contributed by atoms with Crippen LogP contribution in [0.15, 0.2) is 42.5 Å². The zero-order valence-corrected chi connectivity index (χ0v) is 16.6. The summed E-state index contributed by atoms with van der Waals surface area (Å²) in [5.74, 6) is -0.140. The number of carbonyl (C=O) groups is 2. The van der Waals surface area contributed by atoms with E-state index in [0.29, 0.717) is 16.8 Å². The quantitative estimate of drug-likeness (QED) is 0.458. The number of ketones is 1. The molecule has 1 amide bonds. The molecule has 3 rings (SSSR count). The molecule has 0 saturated carbocycles. The fraction of sp³-hybridized carbons (Fsp3) is 0.333. The maximum Gasteiger partial charge on any atom is 0.274 e. The van der Waals surface area contributed by atoms with Crippen LogP contribution in [0.5, 0.6) is 0 Å². The summed E-state index contributed by atoms with van der Waals surface area (Å²) >= 11 is 0. The lowest BCUT2D eigenvalue weighted by atomic mass is 10.1. The van der Waals surface area contributed by atoms with Gasteiger partial charge in [-0.3, -0.25) is 24.6 Å². The van der Waals surface area contributed by atoms with Crippen LogP contribution in [0.3, 0.4) is 0 Å². The Morgan fingerprint density at radius 1 is 1.07 bits per heavy atom. The Balaban J connectivity index is 1.53. The molecule has 2 aromatic carbocycles. The van der Waals surface area contributed by atoms with E-state index in [1.807, 2.05) is 24.3 Å². The first-order valence-corrected chi connectivity index (χ1v) is 9.47. The Kier molecular flexibility index (Phi) is 6.23. The molecule has 0 unspecified atom stereocenters. The second-order valence-electron chi connectivity index (χ2n) is 7.12. The fourth-order valence-corrected chi connectivity index (χ4v) is 3.42. The van der Waals surface area contributed by atoms with Crippen LogP contribution in [-0.2, 0) is 4.79 Å². The molecule has 0 atom stereocenters. The third-order valence-electron chi connectivity index (χ3n) is 5.15. The van der Waals surface area contributed by atoms with Gasteiger partial charge in [0.1, 0.15) is 0 Å². The Bertz CT molecular complexity index is 919. The molecule has 8 heteroatoms. The number of hydrogen-bond acceptors (Lipinski definition) is 6. The monoisotopic (exact) mass is 396 g/mol. The highest BCUT2D eigenvalue weighted by Gasteiger charge is 2.20. The van der Waals surface area contributed by atoms with E-state index in [4.69, 9.17) is 0 Å². The number of nitrogens with zero attached hydrogens (tertiary/aromatic N) is 3. The van der Waals surface area contributed by atoms with Crippen molar-refractivity contribution in [3.05, 3.63) is 63.7 Å². The van der Waals surface area contributed by atoms with Gasteiger partial charge in [0.05, 0.1) is 22.7 Å². The van der Waals surface area contributed by atoms with Gasteiger partial charge in [0.2, 0.25) is 5.91 Å². The van der Waals surface area contributed by atoms with Crippen LogP contribution in [0.25, 0.3) is 0 Å². The van der Waals surface area contributed by atoms with Crippen LogP contribution in [-0.4, -0.2) is 54.2 Å². The number of nitrogens with one attached hydrogen (secondary N) is 1. The molecule has 8 nitrogen and oxygen atoms in total. The molecule has 1 aliphatic heterocycles. The number of nitro groups is 1. The first kappa shape index (κ1) is 20.5. The molecule has 1 saturated heterocycles. The Morgan fingerprint density at radius 3 is 2.31 bits per heavy atom. The molecule has 0 spiro atoms. The second kappa shape index (κ2) is 8.83. The van der Waals surface area contributed by atoms with Crippen LogP contribution in [0.1, 0.15) is 22.8 Å². The number of benzene rings is 2. The average molecular weight is 396 g/mol. The molecule has 1 fully saturated rings. The van der Waals surface area contributed by atoms with Crippen molar-refractivity contribution in [1.82, 2.24) is 4.90 Å². The van der Waals surface area contributed by atoms with Gasteiger partial charge >= 0.3 is 0 Å². The van der Waals surface area contributed by atoms with E-state index in [1.165, 1.54) is 6.07 Å². The molecule has 0 radical (unpaired) electrons. The lowest BCUT2D eigenvalue weighted by Crippen LogP contribution is -2.48. The van der Waals surface area contributed by atoms with Gasteiger partial charge in [0.25, 0.3) is 5.69 Å². The van der Waals surface area contributed by atoms with E-state index in [2.05, 4.69) is 15.1 Å². The Hall–Kier alpha value is -3.26. The largest absolute Gasteiger partial charge is 0.369 e.